The number of carbonyl (C=O) groups excluding carboxylic acids is 1. The minimum atomic E-state index is -0.612. The van der Waals surface area contributed by atoms with Gasteiger partial charge >= 0.3 is 0 Å². The highest BCUT2D eigenvalue weighted by Crippen LogP contribution is 2.27. The molecule has 7 heteroatoms. The van der Waals surface area contributed by atoms with E-state index in [0.29, 0.717) is 28.1 Å². The topological polar surface area (TPSA) is 101 Å². The number of hydrogen-bond acceptors (Lipinski definition) is 6. The summed E-state index contributed by atoms with van der Waals surface area (Å²) in [4.78, 5) is 17.0. The van der Waals surface area contributed by atoms with E-state index in [1.165, 1.54) is 6.26 Å². The molecule has 1 amide bonds. The lowest BCUT2D eigenvalue weighted by molar-refractivity contribution is 0.0873. The summed E-state index contributed by atoms with van der Waals surface area (Å²) < 4.78 is 10.6. The molecule has 24 heavy (non-hydrogen) atoms. The van der Waals surface area contributed by atoms with Gasteiger partial charge in [0.05, 0.1) is 29.0 Å². The van der Waals surface area contributed by atoms with Crippen LogP contribution in [0.3, 0.4) is 0 Å². The van der Waals surface area contributed by atoms with E-state index in [0.717, 1.165) is 0 Å². The van der Waals surface area contributed by atoms with Gasteiger partial charge in [0.25, 0.3) is 11.6 Å². The molecular formula is C17H19N3O4. The Labute approximate surface area is 138 Å². The largest absolute Gasteiger partial charge is 0.463 e. The van der Waals surface area contributed by atoms with Gasteiger partial charge in [-0.05, 0) is 31.0 Å². The summed E-state index contributed by atoms with van der Waals surface area (Å²) in [6.45, 7) is 5.70. The highest BCUT2D eigenvalue weighted by Gasteiger charge is 2.21. The van der Waals surface area contributed by atoms with Crippen molar-refractivity contribution in [3.05, 3.63) is 35.7 Å². The number of furan rings is 1. The lowest BCUT2D eigenvalue weighted by atomic mass is 10.1. The predicted octanol–water partition coefficient (Wildman–Crippen LogP) is 2.54. The fourth-order valence-electron chi connectivity index (χ4n) is 2.35. The highest BCUT2D eigenvalue weighted by atomic mass is 16.5. The van der Waals surface area contributed by atoms with Crippen molar-refractivity contribution in [2.75, 3.05) is 6.54 Å². The van der Waals surface area contributed by atoms with Gasteiger partial charge in [0.2, 0.25) is 0 Å². The Balaban J connectivity index is 1.99. The Bertz CT molecular complexity index is 852. The molecule has 0 saturated carbocycles. The maximum atomic E-state index is 12.6. The van der Waals surface area contributed by atoms with Crippen molar-refractivity contribution in [1.82, 2.24) is 15.5 Å². The zero-order valence-electron chi connectivity index (χ0n) is 13.7. The molecule has 2 N–H and O–H groups in total. The maximum absolute atomic E-state index is 12.6. The van der Waals surface area contributed by atoms with Crippen molar-refractivity contribution in [3.63, 3.8) is 0 Å². The van der Waals surface area contributed by atoms with Crippen molar-refractivity contribution in [1.29, 1.82) is 0 Å². The second kappa shape index (κ2) is 6.45. The first-order chi connectivity index (χ1) is 11.5. The van der Waals surface area contributed by atoms with Gasteiger partial charge in [-0.25, -0.2) is 4.98 Å². The van der Waals surface area contributed by atoms with Gasteiger partial charge in [-0.1, -0.05) is 19.0 Å². The van der Waals surface area contributed by atoms with Gasteiger partial charge in [-0.15, -0.1) is 0 Å². The average Bonchev–Trinajstić information content (AvgIpc) is 3.21. The summed E-state index contributed by atoms with van der Waals surface area (Å²) in [7, 11) is 0. The Kier molecular flexibility index (Phi) is 4.35. The molecule has 3 aromatic heterocycles. The summed E-state index contributed by atoms with van der Waals surface area (Å²) in [5.74, 6) is 0.266. The van der Waals surface area contributed by atoms with Crippen molar-refractivity contribution in [2.24, 2.45) is 5.92 Å². The standard InChI is InChI=1S/C17H19N3O4/c1-9(2)13(21)8-18-16(22)11-7-12(14-5-4-6-23-14)19-17-15(11)10(3)20-24-17/h4-7,9,13,21H,8H2,1-3H3,(H,18,22). The van der Waals surface area contributed by atoms with Crippen molar-refractivity contribution in [2.45, 2.75) is 26.9 Å². The first-order valence-electron chi connectivity index (χ1n) is 7.74. The molecule has 3 heterocycles. The van der Waals surface area contributed by atoms with Crippen LogP contribution in [0.1, 0.15) is 29.9 Å². The molecule has 0 aliphatic carbocycles. The van der Waals surface area contributed by atoms with Crippen LogP contribution in [-0.2, 0) is 0 Å². The van der Waals surface area contributed by atoms with Crippen LogP contribution in [0.2, 0.25) is 0 Å². The lowest BCUT2D eigenvalue weighted by Crippen LogP contribution is -2.34. The normalized spacial score (nSPS) is 12.7. The molecule has 0 spiro atoms. The van der Waals surface area contributed by atoms with E-state index in [-0.39, 0.29) is 24.1 Å². The van der Waals surface area contributed by atoms with Crippen molar-refractivity contribution < 1.29 is 18.8 Å². The van der Waals surface area contributed by atoms with Gasteiger partial charge in [-0.2, -0.15) is 0 Å². The third-order valence-electron chi connectivity index (χ3n) is 3.88. The number of pyridine rings is 1. The minimum Gasteiger partial charge on any atom is -0.463 e. The number of amides is 1. The third kappa shape index (κ3) is 3.03. The van der Waals surface area contributed by atoms with Gasteiger partial charge in [-0.3, -0.25) is 4.79 Å². The molecule has 0 bridgehead atoms. The number of nitrogens with one attached hydrogen (secondary N) is 1. The first-order valence-corrected chi connectivity index (χ1v) is 7.74. The summed E-state index contributed by atoms with van der Waals surface area (Å²) in [5.41, 5.74) is 1.73. The molecule has 3 aromatic rings. The molecule has 0 fully saturated rings. The monoisotopic (exact) mass is 329 g/mol. The molecule has 7 nitrogen and oxygen atoms in total. The van der Waals surface area contributed by atoms with Crippen LogP contribution in [0, 0.1) is 12.8 Å². The number of nitrogens with zero attached hydrogens (tertiary/aromatic N) is 2. The Morgan fingerprint density at radius 2 is 2.21 bits per heavy atom. The Morgan fingerprint density at radius 1 is 1.42 bits per heavy atom. The van der Waals surface area contributed by atoms with Crippen molar-refractivity contribution in [3.8, 4) is 11.5 Å². The van der Waals surface area contributed by atoms with Gasteiger partial charge in [0.1, 0.15) is 5.69 Å². The van der Waals surface area contributed by atoms with E-state index in [4.69, 9.17) is 8.94 Å². The molecular weight excluding hydrogens is 310 g/mol. The molecule has 1 unspecified atom stereocenters. The van der Waals surface area contributed by atoms with E-state index >= 15 is 0 Å². The first kappa shape index (κ1) is 16.2. The number of rotatable bonds is 5. The zero-order chi connectivity index (χ0) is 17.3. The number of fused-ring (bicyclic) bond motifs is 1. The maximum Gasteiger partial charge on any atom is 0.259 e. The SMILES string of the molecule is Cc1noc2nc(-c3ccco3)cc(C(=O)NCC(O)C(C)C)c12. The summed E-state index contributed by atoms with van der Waals surface area (Å²) >= 11 is 0. The number of hydrogen-bond donors (Lipinski definition) is 2. The molecule has 0 radical (unpaired) electrons. The number of aryl methyl sites for hydroxylation is 1. The number of carbonyl (C=O) groups is 1. The minimum absolute atomic E-state index is 0.0544. The number of aromatic nitrogens is 2. The summed E-state index contributed by atoms with van der Waals surface area (Å²) in [5, 5.41) is 17.1. The van der Waals surface area contributed by atoms with Gasteiger partial charge in [0, 0.05) is 6.54 Å². The molecule has 0 aliphatic rings. The van der Waals surface area contributed by atoms with Crippen LogP contribution < -0.4 is 5.32 Å². The lowest BCUT2D eigenvalue weighted by Gasteiger charge is -2.15. The van der Waals surface area contributed by atoms with E-state index < -0.39 is 6.10 Å². The van der Waals surface area contributed by atoms with Crippen molar-refractivity contribution >= 4 is 17.0 Å². The Morgan fingerprint density at radius 3 is 2.88 bits per heavy atom. The molecule has 3 rings (SSSR count). The second-order valence-corrected chi connectivity index (χ2v) is 6.00. The molecule has 0 saturated heterocycles. The van der Waals surface area contributed by atoms with Gasteiger partial charge in [0.15, 0.2) is 5.76 Å². The van der Waals surface area contributed by atoms with Crippen LogP contribution >= 0.6 is 0 Å². The summed E-state index contributed by atoms with van der Waals surface area (Å²) in [6.07, 6.45) is 0.922. The van der Waals surface area contributed by atoms with E-state index in [1.54, 1.807) is 25.1 Å². The molecule has 1 atom stereocenters. The molecule has 126 valence electrons. The number of aliphatic hydroxyl groups excluding tert-OH is 1. The summed E-state index contributed by atoms with van der Waals surface area (Å²) in [6, 6.07) is 5.13. The smallest absolute Gasteiger partial charge is 0.259 e. The second-order valence-electron chi connectivity index (χ2n) is 6.00. The van der Waals surface area contributed by atoms with E-state index in [9.17, 15) is 9.90 Å². The van der Waals surface area contributed by atoms with Crippen LogP contribution in [0.15, 0.2) is 33.4 Å². The third-order valence-corrected chi connectivity index (χ3v) is 3.88. The number of aliphatic hydroxyl groups is 1. The fraction of sp³-hybridized carbons (Fsp3) is 0.353. The molecule has 0 aromatic carbocycles. The highest BCUT2D eigenvalue weighted by molar-refractivity contribution is 6.06. The van der Waals surface area contributed by atoms with Crippen LogP contribution in [-0.4, -0.2) is 33.8 Å². The zero-order valence-corrected chi connectivity index (χ0v) is 13.7. The molecule has 0 aliphatic heterocycles. The fourth-order valence-corrected chi connectivity index (χ4v) is 2.35. The predicted molar refractivity (Wildman–Crippen MR) is 87.4 cm³/mol. The van der Waals surface area contributed by atoms with Gasteiger partial charge < -0.3 is 19.4 Å². The van der Waals surface area contributed by atoms with E-state index in [1.807, 2.05) is 13.8 Å². The quantitative estimate of drug-likeness (QED) is 0.746. The average molecular weight is 329 g/mol. The van der Waals surface area contributed by atoms with Crippen LogP contribution in [0.4, 0.5) is 0 Å². The Hall–Kier alpha value is -2.67. The van der Waals surface area contributed by atoms with E-state index in [2.05, 4.69) is 15.5 Å². The van der Waals surface area contributed by atoms with Crippen LogP contribution in [0.5, 0.6) is 0 Å². The van der Waals surface area contributed by atoms with Crippen LogP contribution in [0.25, 0.3) is 22.6 Å².